The van der Waals surface area contributed by atoms with Crippen molar-refractivity contribution < 1.29 is 32.6 Å². The fourth-order valence-corrected chi connectivity index (χ4v) is 1.91. The summed E-state index contributed by atoms with van der Waals surface area (Å²) < 4.78 is 42.9. The van der Waals surface area contributed by atoms with Crippen molar-refractivity contribution in [2.75, 3.05) is 7.11 Å². The zero-order chi connectivity index (χ0) is 14.8. The van der Waals surface area contributed by atoms with Gasteiger partial charge in [0.1, 0.15) is 10.6 Å². The van der Waals surface area contributed by atoms with Crippen LogP contribution in [0.5, 0.6) is 5.75 Å². The van der Waals surface area contributed by atoms with E-state index >= 15 is 0 Å². The van der Waals surface area contributed by atoms with E-state index in [1.807, 2.05) is 0 Å². The number of nitrogens with one attached hydrogen (secondary N) is 1. The summed E-state index contributed by atoms with van der Waals surface area (Å²) in [6.45, 7) is 0.382. The van der Waals surface area contributed by atoms with Gasteiger partial charge in [0.05, 0.1) is 7.11 Å². The predicted octanol–water partition coefficient (Wildman–Crippen LogP) is 1.89. The number of thiophene rings is 1. The van der Waals surface area contributed by atoms with Gasteiger partial charge in [-0.3, -0.25) is 4.79 Å². The minimum Gasteiger partial charge on any atom is -0.495 e. The summed E-state index contributed by atoms with van der Waals surface area (Å²) in [6, 6.07) is 1.39. The number of rotatable bonds is 4. The summed E-state index contributed by atoms with van der Waals surface area (Å²) in [7, 11) is 1.25. The highest BCUT2D eigenvalue weighted by atomic mass is 32.1. The minimum absolute atomic E-state index is 0.0809. The number of alkyl halides is 3. The number of carbonyl (C=O) groups excluding carboxylic acids is 1. The topological polar surface area (TPSA) is 75.6 Å². The maximum atomic E-state index is 12.7. The number of hydrogen-bond donors (Lipinski definition) is 2. The van der Waals surface area contributed by atoms with Gasteiger partial charge in [-0.25, -0.2) is 4.79 Å². The molecule has 9 heteroatoms. The molecule has 1 rings (SSSR count). The molecule has 0 aliphatic rings. The molecule has 1 amide bonds. The normalized spacial score (nSPS) is 14.6. The fraction of sp³-hybridized carbons (Fsp3) is 0.400. The lowest BCUT2D eigenvalue weighted by atomic mass is 10.0. The molecule has 1 aromatic rings. The Morgan fingerprint density at radius 1 is 1.42 bits per heavy atom. The first-order chi connectivity index (χ1) is 8.63. The van der Waals surface area contributed by atoms with Crippen molar-refractivity contribution in [2.45, 2.75) is 18.6 Å². The molecular formula is C10H10F3NO4S. The second-order valence-electron chi connectivity index (χ2n) is 3.70. The van der Waals surface area contributed by atoms with Gasteiger partial charge in [0.25, 0.3) is 5.91 Å². The fourth-order valence-electron chi connectivity index (χ4n) is 1.15. The molecule has 0 saturated carbocycles. The van der Waals surface area contributed by atoms with Crippen LogP contribution in [0.25, 0.3) is 0 Å². The van der Waals surface area contributed by atoms with Gasteiger partial charge in [-0.2, -0.15) is 13.2 Å². The number of carbonyl (C=O) groups is 2. The van der Waals surface area contributed by atoms with Gasteiger partial charge >= 0.3 is 12.1 Å². The van der Waals surface area contributed by atoms with Crippen LogP contribution in [-0.2, 0) is 4.79 Å². The van der Waals surface area contributed by atoms with E-state index in [0.717, 1.165) is 11.3 Å². The molecule has 0 aromatic carbocycles. The molecule has 0 radical (unpaired) electrons. The molecule has 5 nitrogen and oxygen atoms in total. The number of methoxy groups -OCH3 is 1. The summed E-state index contributed by atoms with van der Waals surface area (Å²) in [5.74, 6) is -3.27. The molecule has 1 heterocycles. The highest BCUT2D eigenvalue weighted by Crippen LogP contribution is 2.32. The van der Waals surface area contributed by atoms with Crippen LogP contribution in [0.4, 0.5) is 13.2 Å². The number of carboxylic acids is 1. The Balaban J connectivity index is 3.06. The van der Waals surface area contributed by atoms with Gasteiger partial charge in [-0.05, 0) is 18.4 Å². The van der Waals surface area contributed by atoms with Gasteiger partial charge in [0, 0.05) is 0 Å². The zero-order valence-corrected chi connectivity index (χ0v) is 10.7. The van der Waals surface area contributed by atoms with Crippen LogP contribution in [0, 0.1) is 0 Å². The molecule has 1 unspecified atom stereocenters. The lowest BCUT2D eigenvalue weighted by Gasteiger charge is -2.28. The van der Waals surface area contributed by atoms with Gasteiger partial charge in [0.2, 0.25) is 5.54 Å². The molecule has 0 aliphatic carbocycles. The first-order valence-electron chi connectivity index (χ1n) is 4.87. The monoisotopic (exact) mass is 297 g/mol. The Morgan fingerprint density at radius 3 is 2.42 bits per heavy atom. The molecule has 0 fully saturated rings. The largest absolute Gasteiger partial charge is 0.495 e. The van der Waals surface area contributed by atoms with Crippen molar-refractivity contribution in [3.05, 3.63) is 16.3 Å². The number of amides is 1. The van der Waals surface area contributed by atoms with Crippen molar-refractivity contribution in [3.63, 3.8) is 0 Å². The van der Waals surface area contributed by atoms with E-state index in [1.165, 1.54) is 23.9 Å². The maximum absolute atomic E-state index is 12.7. The van der Waals surface area contributed by atoms with Crippen LogP contribution < -0.4 is 10.1 Å². The Labute approximate surface area is 110 Å². The van der Waals surface area contributed by atoms with Crippen LogP contribution >= 0.6 is 11.3 Å². The predicted molar refractivity (Wildman–Crippen MR) is 60.4 cm³/mol. The summed E-state index contributed by atoms with van der Waals surface area (Å²) in [6.07, 6.45) is -5.13. The highest BCUT2D eigenvalue weighted by molar-refractivity contribution is 7.12. The maximum Gasteiger partial charge on any atom is 0.422 e. The van der Waals surface area contributed by atoms with Crippen molar-refractivity contribution >= 4 is 23.2 Å². The standard InChI is InChI=1S/C10H10F3NO4S/c1-9(8(16)17,10(11,12)13)14-7(15)6-5(18-2)3-4-19-6/h3-4H,1-2H3,(H,14,15)(H,16,17). The third-order valence-electron chi connectivity index (χ3n) is 2.41. The molecule has 1 aromatic heterocycles. The number of ether oxygens (including phenoxy) is 1. The van der Waals surface area contributed by atoms with Gasteiger partial charge < -0.3 is 15.2 Å². The average Bonchev–Trinajstić information content (AvgIpc) is 2.74. The van der Waals surface area contributed by atoms with E-state index in [4.69, 9.17) is 9.84 Å². The van der Waals surface area contributed by atoms with Crippen LogP contribution in [0.3, 0.4) is 0 Å². The number of halogens is 3. The van der Waals surface area contributed by atoms with Gasteiger partial charge in [-0.15, -0.1) is 11.3 Å². The summed E-state index contributed by atoms with van der Waals surface area (Å²) >= 11 is 0.848. The number of carboxylic acid groups (broad SMARTS) is 1. The van der Waals surface area contributed by atoms with E-state index in [2.05, 4.69) is 0 Å². The smallest absolute Gasteiger partial charge is 0.422 e. The van der Waals surface area contributed by atoms with E-state index in [1.54, 1.807) is 0 Å². The van der Waals surface area contributed by atoms with E-state index < -0.39 is 23.6 Å². The van der Waals surface area contributed by atoms with Crippen molar-refractivity contribution in [1.29, 1.82) is 0 Å². The van der Waals surface area contributed by atoms with Gasteiger partial charge in [-0.1, -0.05) is 0 Å². The molecule has 19 heavy (non-hydrogen) atoms. The third kappa shape index (κ3) is 2.80. The quantitative estimate of drug-likeness (QED) is 0.890. The van der Waals surface area contributed by atoms with E-state index in [9.17, 15) is 22.8 Å². The zero-order valence-electron chi connectivity index (χ0n) is 9.87. The Morgan fingerprint density at radius 2 is 2.00 bits per heavy atom. The molecule has 0 aliphatic heterocycles. The van der Waals surface area contributed by atoms with Crippen molar-refractivity contribution in [2.24, 2.45) is 0 Å². The molecule has 0 bridgehead atoms. The summed E-state index contributed by atoms with van der Waals surface area (Å²) in [5, 5.41) is 11.6. The van der Waals surface area contributed by atoms with E-state index in [0.29, 0.717) is 6.92 Å². The molecule has 2 N–H and O–H groups in total. The third-order valence-corrected chi connectivity index (χ3v) is 3.31. The second-order valence-corrected chi connectivity index (χ2v) is 4.62. The SMILES string of the molecule is COc1ccsc1C(=O)NC(C)(C(=O)O)C(F)(F)F. The Bertz CT molecular complexity index is 499. The Hall–Kier alpha value is -1.77. The molecule has 0 spiro atoms. The van der Waals surface area contributed by atoms with Crippen LogP contribution in [-0.4, -0.2) is 35.8 Å². The number of aliphatic carboxylic acids is 1. The minimum atomic E-state index is -5.13. The van der Waals surface area contributed by atoms with Crippen LogP contribution in [0.2, 0.25) is 0 Å². The average molecular weight is 297 g/mol. The molecular weight excluding hydrogens is 287 g/mol. The summed E-state index contributed by atoms with van der Waals surface area (Å²) in [5.41, 5.74) is -3.36. The van der Waals surface area contributed by atoms with Crippen molar-refractivity contribution in [3.8, 4) is 5.75 Å². The number of hydrogen-bond acceptors (Lipinski definition) is 4. The highest BCUT2D eigenvalue weighted by Gasteiger charge is 2.58. The lowest BCUT2D eigenvalue weighted by Crippen LogP contribution is -2.61. The van der Waals surface area contributed by atoms with Crippen molar-refractivity contribution in [1.82, 2.24) is 5.32 Å². The second kappa shape index (κ2) is 5.08. The van der Waals surface area contributed by atoms with Crippen LogP contribution in [0.1, 0.15) is 16.6 Å². The molecule has 0 saturated heterocycles. The van der Waals surface area contributed by atoms with Crippen LogP contribution in [0.15, 0.2) is 11.4 Å². The van der Waals surface area contributed by atoms with Gasteiger partial charge in [0.15, 0.2) is 0 Å². The Kier molecular flexibility index (Phi) is 4.09. The first kappa shape index (κ1) is 15.3. The molecule has 1 atom stereocenters. The van der Waals surface area contributed by atoms with E-state index in [-0.39, 0.29) is 10.6 Å². The lowest BCUT2D eigenvalue weighted by molar-refractivity contribution is -0.203. The first-order valence-corrected chi connectivity index (χ1v) is 5.75. The summed E-state index contributed by atoms with van der Waals surface area (Å²) in [4.78, 5) is 22.3. The molecule has 106 valence electrons.